The Labute approximate surface area is 198 Å². The van der Waals surface area contributed by atoms with E-state index in [0.717, 1.165) is 43.5 Å². The lowest BCUT2D eigenvalue weighted by Crippen LogP contribution is -2.68. The van der Waals surface area contributed by atoms with Gasteiger partial charge in [0.15, 0.2) is 11.9 Å². The third kappa shape index (κ3) is 3.56. The van der Waals surface area contributed by atoms with Crippen molar-refractivity contribution in [3.05, 3.63) is 89.1 Å². The van der Waals surface area contributed by atoms with Crippen LogP contribution in [0.25, 0.3) is 0 Å². The molecule has 1 atom stereocenters. The van der Waals surface area contributed by atoms with Crippen molar-refractivity contribution in [2.24, 2.45) is 5.92 Å². The maximum atomic E-state index is 13.7. The molecule has 1 aliphatic carbocycles. The average Bonchev–Trinajstić information content (AvgIpc) is 2.88. The molecule has 2 aromatic carbocycles. The van der Waals surface area contributed by atoms with Gasteiger partial charge in [0.2, 0.25) is 0 Å². The summed E-state index contributed by atoms with van der Waals surface area (Å²) in [6.45, 7) is 2.00. The van der Waals surface area contributed by atoms with E-state index in [1.165, 1.54) is 11.1 Å². The zero-order valence-electron chi connectivity index (χ0n) is 18.9. The molecule has 7 heteroatoms. The molecule has 3 aliphatic heterocycles. The summed E-state index contributed by atoms with van der Waals surface area (Å²) in [6.07, 6.45) is 3.85. The molecule has 0 saturated carbocycles. The molecule has 1 aromatic heterocycles. The molecule has 0 unspecified atom stereocenters. The summed E-state index contributed by atoms with van der Waals surface area (Å²) in [5.41, 5.74) is 4.39. The third-order valence-electron chi connectivity index (χ3n) is 7.77. The van der Waals surface area contributed by atoms with E-state index in [4.69, 9.17) is 4.74 Å². The first-order valence-electron chi connectivity index (χ1n) is 11.9. The number of nitrogens with one attached hydrogen (secondary N) is 1. The lowest BCUT2D eigenvalue weighted by molar-refractivity contribution is -0.869. The molecule has 0 spiro atoms. The predicted molar refractivity (Wildman–Crippen MR) is 126 cm³/mol. The van der Waals surface area contributed by atoms with Crippen molar-refractivity contribution >= 4 is 17.8 Å². The number of aromatic nitrogens is 2. The molecule has 3 saturated heterocycles. The molecule has 7 nitrogen and oxygen atoms in total. The van der Waals surface area contributed by atoms with Crippen molar-refractivity contribution < 1.29 is 18.8 Å². The standard InChI is InChI=1S/C27H26N4O3/c32-26(25-21-8-3-1-6-19(21)16-20-7-2-4-9-22(20)25)34-23-17-31(14-11-18(23)12-15-31)27(33)29-24-10-5-13-28-30-24/h1-10,13,18,23,25H,11-12,14-17H2/p+1/t18?,23-,31?/m0/s1. The lowest BCUT2D eigenvalue weighted by Gasteiger charge is -2.49. The number of benzene rings is 2. The van der Waals surface area contributed by atoms with Gasteiger partial charge in [0.05, 0.1) is 13.1 Å². The van der Waals surface area contributed by atoms with Crippen molar-refractivity contribution in [3.63, 3.8) is 0 Å². The second kappa shape index (κ2) is 8.33. The molecule has 4 aliphatic rings. The van der Waals surface area contributed by atoms with Gasteiger partial charge in [0.25, 0.3) is 0 Å². The molecule has 3 fully saturated rings. The number of hydrogen-bond donors (Lipinski definition) is 1. The van der Waals surface area contributed by atoms with Crippen molar-refractivity contribution in [1.29, 1.82) is 0 Å². The topological polar surface area (TPSA) is 81.2 Å². The van der Waals surface area contributed by atoms with Crippen LogP contribution in [-0.2, 0) is 16.0 Å². The number of piperidine rings is 3. The number of urea groups is 1. The summed E-state index contributed by atoms with van der Waals surface area (Å²) in [5.74, 6) is 0.0864. The number of amides is 2. The van der Waals surface area contributed by atoms with Crippen LogP contribution in [0.2, 0.25) is 0 Å². The number of carbonyl (C=O) groups is 2. The highest BCUT2D eigenvalue weighted by atomic mass is 16.5. The normalized spacial score (nSPS) is 25.2. The van der Waals surface area contributed by atoms with Crippen LogP contribution >= 0.6 is 0 Å². The molecule has 7 rings (SSSR count). The van der Waals surface area contributed by atoms with E-state index in [2.05, 4.69) is 27.6 Å². The maximum absolute atomic E-state index is 13.7. The van der Waals surface area contributed by atoms with Gasteiger partial charge in [-0.1, -0.05) is 48.5 Å². The van der Waals surface area contributed by atoms with E-state index in [0.29, 0.717) is 18.3 Å². The van der Waals surface area contributed by atoms with E-state index in [-0.39, 0.29) is 22.6 Å². The molecular weight excluding hydrogens is 428 g/mol. The predicted octanol–water partition coefficient (Wildman–Crippen LogP) is 3.90. The van der Waals surface area contributed by atoms with Gasteiger partial charge in [0.1, 0.15) is 12.5 Å². The summed E-state index contributed by atoms with van der Waals surface area (Å²) in [6, 6.07) is 19.6. The van der Waals surface area contributed by atoms with Crippen LogP contribution in [0.4, 0.5) is 10.6 Å². The fourth-order valence-corrected chi connectivity index (χ4v) is 5.94. The van der Waals surface area contributed by atoms with Gasteiger partial charge in [-0.25, -0.2) is 9.28 Å². The molecule has 1 N–H and O–H groups in total. The molecule has 3 aromatic rings. The van der Waals surface area contributed by atoms with E-state index >= 15 is 0 Å². The van der Waals surface area contributed by atoms with Crippen LogP contribution in [0.5, 0.6) is 0 Å². The van der Waals surface area contributed by atoms with Crippen molar-refractivity contribution in [3.8, 4) is 0 Å². The fraction of sp³-hybridized carbons (Fsp3) is 0.333. The second-order valence-electron chi connectivity index (χ2n) is 9.63. The number of quaternary nitrogens is 1. The molecule has 2 bridgehead atoms. The first-order valence-corrected chi connectivity index (χ1v) is 11.9. The van der Waals surface area contributed by atoms with Gasteiger partial charge in [-0.05, 0) is 40.8 Å². The average molecular weight is 456 g/mol. The number of nitrogens with zero attached hydrogens (tertiary/aromatic N) is 3. The number of hydrogen-bond acceptors (Lipinski definition) is 5. The van der Waals surface area contributed by atoms with Gasteiger partial charge in [0, 0.05) is 25.0 Å². The number of carbonyl (C=O) groups excluding carboxylic acids is 2. The van der Waals surface area contributed by atoms with Crippen molar-refractivity contribution in [2.45, 2.75) is 31.3 Å². The van der Waals surface area contributed by atoms with Gasteiger partial charge in [-0.3, -0.25) is 10.1 Å². The van der Waals surface area contributed by atoms with Gasteiger partial charge in [-0.2, -0.15) is 5.10 Å². The first kappa shape index (κ1) is 21.0. The largest absolute Gasteiger partial charge is 0.455 e. The van der Waals surface area contributed by atoms with Crippen molar-refractivity contribution in [1.82, 2.24) is 10.2 Å². The Morgan fingerprint density at radius 2 is 1.59 bits per heavy atom. The molecule has 34 heavy (non-hydrogen) atoms. The van der Waals surface area contributed by atoms with Gasteiger partial charge < -0.3 is 4.74 Å². The smallest absolute Gasteiger partial charge is 0.422 e. The van der Waals surface area contributed by atoms with Crippen molar-refractivity contribution in [2.75, 3.05) is 25.0 Å². The van der Waals surface area contributed by atoms with Crippen LogP contribution in [0.3, 0.4) is 0 Å². The zero-order chi connectivity index (χ0) is 23.1. The number of rotatable bonds is 3. The Morgan fingerprint density at radius 1 is 0.912 bits per heavy atom. The van der Waals surface area contributed by atoms with Gasteiger partial charge in [-0.15, -0.1) is 5.10 Å². The Balaban J connectivity index is 1.24. The summed E-state index contributed by atoms with van der Waals surface area (Å²) in [7, 11) is 0. The second-order valence-corrected chi connectivity index (χ2v) is 9.63. The number of anilines is 1. The molecule has 172 valence electrons. The van der Waals surface area contributed by atoms with Crippen LogP contribution in [0.1, 0.15) is 41.0 Å². The maximum Gasteiger partial charge on any atom is 0.422 e. The Morgan fingerprint density at radius 3 is 2.24 bits per heavy atom. The third-order valence-corrected chi connectivity index (χ3v) is 7.77. The SMILES string of the molecule is O=C(O[C@H]1C[N+]2(C(=O)Nc3cccnn3)CCC1CC2)C1c2ccccc2Cc2ccccc21. The first-order chi connectivity index (χ1) is 16.6. The minimum absolute atomic E-state index is 0.104. The van der Waals surface area contributed by atoms with Gasteiger partial charge >= 0.3 is 12.0 Å². The highest BCUT2D eigenvalue weighted by molar-refractivity contribution is 5.85. The monoisotopic (exact) mass is 455 g/mol. The van der Waals surface area contributed by atoms with E-state index < -0.39 is 5.92 Å². The minimum atomic E-state index is -0.432. The Kier molecular flexibility index (Phi) is 5.14. The highest BCUT2D eigenvalue weighted by Crippen LogP contribution is 2.40. The molecule has 4 heterocycles. The number of fused-ring (bicyclic) bond motifs is 5. The minimum Gasteiger partial charge on any atom is -0.455 e. The summed E-state index contributed by atoms with van der Waals surface area (Å²) in [4.78, 5) is 26.9. The lowest BCUT2D eigenvalue weighted by atomic mass is 9.78. The zero-order valence-corrected chi connectivity index (χ0v) is 18.9. The fourth-order valence-electron chi connectivity index (χ4n) is 5.94. The van der Waals surface area contributed by atoms with Crippen LogP contribution in [-0.4, -0.2) is 52.4 Å². The Bertz CT molecular complexity index is 1190. The summed E-state index contributed by atoms with van der Waals surface area (Å²) >= 11 is 0. The van der Waals surface area contributed by atoms with E-state index in [1.54, 1.807) is 18.3 Å². The summed E-state index contributed by atoms with van der Waals surface area (Å²) < 4.78 is 6.51. The highest BCUT2D eigenvalue weighted by Gasteiger charge is 2.52. The quantitative estimate of drug-likeness (QED) is 0.479. The molecule has 0 radical (unpaired) electrons. The molecular formula is C27H27N4O3+. The summed E-state index contributed by atoms with van der Waals surface area (Å²) in [5, 5.41) is 10.7. The molecule has 2 amide bonds. The van der Waals surface area contributed by atoms with Crippen LogP contribution < -0.4 is 5.32 Å². The number of ether oxygens (including phenoxy) is 1. The van der Waals surface area contributed by atoms with Crippen LogP contribution in [0, 0.1) is 5.92 Å². The Hall–Kier alpha value is -3.58. The van der Waals surface area contributed by atoms with Crippen LogP contribution in [0.15, 0.2) is 66.9 Å². The number of esters is 1. The van der Waals surface area contributed by atoms with E-state index in [9.17, 15) is 9.59 Å². The van der Waals surface area contributed by atoms with E-state index in [1.807, 2.05) is 36.4 Å².